The van der Waals surface area contributed by atoms with Crippen LogP contribution in [0.1, 0.15) is 25.1 Å². The van der Waals surface area contributed by atoms with Crippen molar-refractivity contribution in [3.63, 3.8) is 0 Å². The first-order valence-electron chi connectivity index (χ1n) is 5.28. The second-order valence-electron chi connectivity index (χ2n) is 4.06. The summed E-state index contributed by atoms with van der Waals surface area (Å²) in [5.41, 5.74) is 3.81. The Kier molecular flexibility index (Phi) is 3.58. The Morgan fingerprint density at radius 2 is 2.44 bits per heavy atom. The average molecular weight is 290 g/mol. The third-order valence-electron chi connectivity index (χ3n) is 3.16. The van der Waals surface area contributed by atoms with Gasteiger partial charge < -0.3 is 4.74 Å². The molecule has 2 rings (SSSR count). The van der Waals surface area contributed by atoms with Gasteiger partial charge in [0.05, 0.1) is 17.8 Å². The minimum atomic E-state index is 0.00637. The fourth-order valence-corrected chi connectivity index (χ4v) is 2.83. The van der Waals surface area contributed by atoms with E-state index in [0.29, 0.717) is 5.92 Å². The van der Waals surface area contributed by atoms with Crippen LogP contribution in [0, 0.1) is 5.92 Å². The Balaban J connectivity index is 2.28. The average Bonchev–Trinajstić information content (AvgIpc) is 2.80. The van der Waals surface area contributed by atoms with Gasteiger partial charge in [0.2, 0.25) is 0 Å². The maximum absolute atomic E-state index is 5.65. The molecule has 1 aromatic rings. The molecule has 0 bridgehead atoms. The van der Waals surface area contributed by atoms with Crippen molar-refractivity contribution in [2.75, 3.05) is 6.61 Å². The molecule has 1 aromatic heterocycles. The lowest BCUT2D eigenvalue weighted by Crippen LogP contribution is -2.37. The number of aryl methyl sites for hydroxylation is 1. The third-order valence-corrected chi connectivity index (χ3v) is 3.73. The van der Waals surface area contributed by atoms with E-state index >= 15 is 0 Å². The number of nitrogens with zero attached hydrogens (tertiary/aromatic N) is 3. The summed E-state index contributed by atoms with van der Waals surface area (Å²) in [7, 11) is 1.86. The highest BCUT2D eigenvalue weighted by Crippen LogP contribution is 2.34. The molecule has 3 unspecified atom stereocenters. The van der Waals surface area contributed by atoms with Crippen LogP contribution in [0.2, 0.25) is 0 Å². The third kappa shape index (κ3) is 2.00. The predicted molar refractivity (Wildman–Crippen MR) is 62.3 cm³/mol. The summed E-state index contributed by atoms with van der Waals surface area (Å²) in [6.07, 6.45) is 1.19. The van der Waals surface area contributed by atoms with E-state index < -0.39 is 0 Å². The van der Waals surface area contributed by atoms with E-state index in [1.807, 2.05) is 7.05 Å². The quantitative estimate of drug-likeness (QED) is 0.626. The van der Waals surface area contributed by atoms with Crippen LogP contribution in [0.15, 0.2) is 4.60 Å². The van der Waals surface area contributed by atoms with E-state index in [2.05, 4.69) is 38.6 Å². The zero-order valence-electron chi connectivity index (χ0n) is 9.35. The van der Waals surface area contributed by atoms with Crippen molar-refractivity contribution in [2.24, 2.45) is 18.8 Å². The molecule has 3 atom stereocenters. The molecule has 1 aliphatic heterocycles. The summed E-state index contributed by atoms with van der Waals surface area (Å²) in [5.74, 6) is 5.99. The molecule has 0 aliphatic carbocycles. The molecule has 6 nitrogen and oxygen atoms in total. The van der Waals surface area contributed by atoms with Crippen molar-refractivity contribution >= 4 is 15.9 Å². The molecule has 0 saturated carbocycles. The Hall–Kier alpha value is -0.500. The largest absolute Gasteiger partial charge is 0.378 e. The van der Waals surface area contributed by atoms with E-state index in [-0.39, 0.29) is 12.1 Å². The smallest absolute Gasteiger partial charge is 0.153 e. The first kappa shape index (κ1) is 12.0. The van der Waals surface area contributed by atoms with Crippen LogP contribution in [0.25, 0.3) is 0 Å². The highest BCUT2D eigenvalue weighted by molar-refractivity contribution is 9.10. The number of hydrazine groups is 1. The van der Waals surface area contributed by atoms with Crippen molar-refractivity contribution in [1.82, 2.24) is 20.4 Å². The fraction of sp³-hybridized carbons (Fsp3) is 0.778. The molecule has 0 spiro atoms. The number of rotatable bonds is 3. The SMILES string of the molecule is CC1OCCC1C(NN)c1c(Br)nnn1C. The summed E-state index contributed by atoms with van der Waals surface area (Å²) < 4.78 is 8.03. The molecular weight excluding hydrogens is 274 g/mol. The Morgan fingerprint density at radius 3 is 2.88 bits per heavy atom. The normalized spacial score (nSPS) is 27.2. The van der Waals surface area contributed by atoms with Crippen molar-refractivity contribution in [2.45, 2.75) is 25.5 Å². The van der Waals surface area contributed by atoms with Gasteiger partial charge in [0.15, 0.2) is 4.60 Å². The molecule has 16 heavy (non-hydrogen) atoms. The van der Waals surface area contributed by atoms with Gasteiger partial charge in [-0.1, -0.05) is 5.21 Å². The van der Waals surface area contributed by atoms with E-state index in [0.717, 1.165) is 23.3 Å². The molecule has 2 heterocycles. The topological polar surface area (TPSA) is 78.0 Å². The van der Waals surface area contributed by atoms with Gasteiger partial charge in [-0.2, -0.15) is 0 Å². The maximum atomic E-state index is 5.65. The molecule has 0 radical (unpaired) electrons. The van der Waals surface area contributed by atoms with Gasteiger partial charge in [-0.05, 0) is 29.3 Å². The van der Waals surface area contributed by atoms with Crippen molar-refractivity contribution in [1.29, 1.82) is 0 Å². The van der Waals surface area contributed by atoms with E-state index in [4.69, 9.17) is 10.6 Å². The summed E-state index contributed by atoms with van der Waals surface area (Å²) >= 11 is 3.39. The number of nitrogens with one attached hydrogen (secondary N) is 1. The van der Waals surface area contributed by atoms with Gasteiger partial charge in [0.25, 0.3) is 0 Å². The predicted octanol–water partition coefficient (Wildman–Crippen LogP) is 0.507. The van der Waals surface area contributed by atoms with Crippen LogP contribution in [0.4, 0.5) is 0 Å². The van der Waals surface area contributed by atoms with Gasteiger partial charge >= 0.3 is 0 Å². The monoisotopic (exact) mass is 289 g/mol. The van der Waals surface area contributed by atoms with E-state index in [1.165, 1.54) is 0 Å². The van der Waals surface area contributed by atoms with Gasteiger partial charge in [-0.15, -0.1) is 5.10 Å². The zero-order chi connectivity index (χ0) is 11.7. The summed E-state index contributed by atoms with van der Waals surface area (Å²) in [6, 6.07) is 0.00637. The first-order valence-corrected chi connectivity index (χ1v) is 6.07. The molecule has 1 fully saturated rings. The molecule has 0 amide bonds. The van der Waals surface area contributed by atoms with Gasteiger partial charge in [0, 0.05) is 19.6 Å². The molecular formula is C9H16BrN5O. The summed E-state index contributed by atoms with van der Waals surface area (Å²) in [4.78, 5) is 0. The molecule has 1 aliphatic rings. The lowest BCUT2D eigenvalue weighted by atomic mass is 9.92. The number of hydrogen-bond acceptors (Lipinski definition) is 5. The number of ether oxygens (including phenoxy) is 1. The lowest BCUT2D eigenvalue weighted by Gasteiger charge is -2.25. The molecule has 1 saturated heterocycles. The van der Waals surface area contributed by atoms with Crippen LogP contribution in [0.3, 0.4) is 0 Å². The van der Waals surface area contributed by atoms with Gasteiger partial charge in [-0.3, -0.25) is 11.3 Å². The first-order chi connectivity index (χ1) is 7.65. The van der Waals surface area contributed by atoms with Crippen LogP contribution in [-0.2, 0) is 11.8 Å². The second kappa shape index (κ2) is 4.79. The zero-order valence-corrected chi connectivity index (χ0v) is 10.9. The Morgan fingerprint density at radius 1 is 1.69 bits per heavy atom. The molecule has 90 valence electrons. The number of halogens is 1. The second-order valence-corrected chi connectivity index (χ2v) is 4.81. The van der Waals surface area contributed by atoms with Crippen LogP contribution in [0.5, 0.6) is 0 Å². The van der Waals surface area contributed by atoms with Gasteiger partial charge in [-0.25, -0.2) is 4.68 Å². The fourth-order valence-electron chi connectivity index (χ4n) is 2.26. The Labute approximate surface area is 103 Å². The number of aromatic nitrogens is 3. The lowest BCUT2D eigenvalue weighted by molar-refractivity contribution is 0.0943. The Bertz CT molecular complexity index is 349. The standard InChI is InChI=1S/C9H16BrN5O/c1-5-6(3-4-16-5)7(12-11)8-9(10)13-14-15(8)2/h5-7,12H,3-4,11H2,1-2H3. The van der Waals surface area contributed by atoms with Crippen molar-refractivity contribution in [3.05, 3.63) is 10.3 Å². The highest BCUT2D eigenvalue weighted by Gasteiger charge is 2.35. The maximum Gasteiger partial charge on any atom is 0.153 e. The van der Waals surface area contributed by atoms with Crippen LogP contribution < -0.4 is 11.3 Å². The summed E-state index contributed by atoms with van der Waals surface area (Å²) in [6.45, 7) is 2.85. The highest BCUT2D eigenvalue weighted by atomic mass is 79.9. The molecule has 0 aromatic carbocycles. The van der Waals surface area contributed by atoms with Crippen molar-refractivity contribution < 1.29 is 4.74 Å². The van der Waals surface area contributed by atoms with Crippen molar-refractivity contribution in [3.8, 4) is 0 Å². The summed E-state index contributed by atoms with van der Waals surface area (Å²) in [5, 5.41) is 7.94. The minimum Gasteiger partial charge on any atom is -0.378 e. The van der Waals surface area contributed by atoms with Crippen LogP contribution in [-0.4, -0.2) is 27.7 Å². The molecule has 3 N–H and O–H groups in total. The number of hydrogen-bond donors (Lipinski definition) is 2. The minimum absolute atomic E-state index is 0.00637. The van der Waals surface area contributed by atoms with Crippen LogP contribution >= 0.6 is 15.9 Å². The van der Waals surface area contributed by atoms with Gasteiger partial charge in [0.1, 0.15) is 0 Å². The molecule has 7 heteroatoms. The van der Waals surface area contributed by atoms with E-state index in [9.17, 15) is 0 Å². The number of nitrogens with two attached hydrogens (primary N) is 1. The van der Waals surface area contributed by atoms with E-state index in [1.54, 1.807) is 4.68 Å².